The molecule has 316 valence electrons. The van der Waals surface area contributed by atoms with Crippen LogP contribution in [0.5, 0.6) is 11.5 Å². The fraction of sp³-hybridized carbons (Fsp3) is 0.250. The van der Waals surface area contributed by atoms with Crippen molar-refractivity contribution < 1.29 is 36.8 Å². The van der Waals surface area contributed by atoms with Gasteiger partial charge in [0.2, 0.25) is 0 Å². The van der Waals surface area contributed by atoms with Crippen LogP contribution in [0, 0.1) is 25.7 Å². The van der Waals surface area contributed by atoms with Gasteiger partial charge in [-0.25, -0.2) is 4.98 Å². The summed E-state index contributed by atoms with van der Waals surface area (Å²) in [6, 6.07) is 36.6. The monoisotopic (exact) mass is 1000 g/mol. The fourth-order valence-corrected chi connectivity index (χ4v) is 9.17. The molecule has 3 aliphatic heterocycles. The molecule has 5 heterocycles. The Labute approximate surface area is 393 Å². The zero-order valence-electron chi connectivity index (χ0n) is 44.6. The summed E-state index contributed by atoms with van der Waals surface area (Å²) in [6.07, 6.45) is 1.78. The summed E-state index contributed by atoms with van der Waals surface area (Å²) in [5.74, 6) is 1.20. The van der Waals surface area contributed by atoms with Gasteiger partial charge in [0, 0.05) is 77.8 Å². The van der Waals surface area contributed by atoms with Crippen molar-refractivity contribution in [3.63, 3.8) is 0 Å². The van der Waals surface area contributed by atoms with E-state index in [4.69, 9.17) is 20.7 Å². The van der Waals surface area contributed by atoms with Gasteiger partial charge in [0.1, 0.15) is 11.5 Å². The van der Waals surface area contributed by atoms with Crippen molar-refractivity contribution in [2.45, 2.75) is 85.4 Å². The first-order chi connectivity index (χ1) is 32.2. The van der Waals surface area contributed by atoms with Crippen LogP contribution in [0.2, 0.25) is 0 Å². The molecule has 0 amide bonds. The van der Waals surface area contributed by atoms with Crippen LogP contribution >= 0.6 is 0 Å². The molecule has 1 saturated heterocycles. The van der Waals surface area contributed by atoms with E-state index in [1.165, 1.54) is 11.1 Å². The molecule has 2 bridgehead atoms. The van der Waals surface area contributed by atoms with Crippen LogP contribution in [-0.2, 0) is 37.3 Å². The summed E-state index contributed by atoms with van der Waals surface area (Å²) in [5.41, 5.74) is 8.28. The third kappa shape index (κ3) is 6.67. The molecule has 1 fully saturated rings. The van der Waals surface area contributed by atoms with Gasteiger partial charge in [0.05, 0.1) is 13.5 Å². The van der Waals surface area contributed by atoms with Gasteiger partial charge in [-0.3, -0.25) is 4.48 Å². The topological polar surface area (TPSA) is 27.1 Å². The van der Waals surface area contributed by atoms with E-state index in [0.29, 0.717) is 40.3 Å². The second-order valence-corrected chi connectivity index (χ2v) is 19.7. The molecule has 2 atom stereocenters. The average molecular weight is 1000 g/mol. The Morgan fingerprint density at radius 2 is 1.42 bits per heavy atom. The van der Waals surface area contributed by atoms with Crippen molar-refractivity contribution in [2.24, 2.45) is 0 Å². The Kier molecular flexibility index (Phi) is 7.85. The maximum atomic E-state index is 9.15. The Morgan fingerprint density at radius 1 is 0.726 bits per heavy atom. The third-order valence-corrected chi connectivity index (χ3v) is 12.5. The average Bonchev–Trinajstić information content (AvgIpc) is 3.88. The van der Waals surface area contributed by atoms with Gasteiger partial charge >= 0.3 is 0 Å². The molecule has 11 rings (SSSR count). The van der Waals surface area contributed by atoms with Crippen molar-refractivity contribution in [1.82, 2.24) is 18.5 Å². The number of hydrogen-bond donors (Lipinski definition) is 0. The number of hydrogen-bond acceptors (Lipinski definition) is 2. The number of fused-ring (bicyclic) bond motifs is 3. The summed E-state index contributed by atoms with van der Waals surface area (Å²) in [6.45, 7) is 19.9. The Balaban J connectivity index is 0.00000608. The number of aromatic nitrogens is 2. The number of ether oxygens (including phenoxy) is 1. The van der Waals surface area contributed by atoms with Gasteiger partial charge < -0.3 is 13.8 Å². The van der Waals surface area contributed by atoms with Gasteiger partial charge in [0.15, 0.2) is 18.0 Å². The molecule has 0 saturated carbocycles. The van der Waals surface area contributed by atoms with E-state index in [2.05, 4.69) is 99.3 Å². The number of quaternary nitrogens is 2. The van der Waals surface area contributed by atoms with Crippen LogP contribution < -0.4 is 13.7 Å². The summed E-state index contributed by atoms with van der Waals surface area (Å²) in [7, 11) is 0. The number of aryl methyl sites for hydroxylation is 1. The minimum absolute atomic E-state index is 0. The molecule has 2 aromatic heterocycles. The number of rotatable bonds is 6. The predicted molar refractivity (Wildman–Crippen MR) is 254 cm³/mol. The van der Waals surface area contributed by atoms with E-state index >= 15 is 0 Å². The van der Waals surface area contributed by atoms with Crippen molar-refractivity contribution in [3.05, 3.63) is 175 Å². The standard InChI is InChI=1S/C56H55N4O.Pt/c1-37-18-16-25-50-53(37)60(43-29-40(55(5,6)7)28-41(30-43)56(8,9)10)35-59(50,36-60)42-21-17-22-44(32-42)61-45-33-47(38-19-12-11-13-20-38)52-46-23-14-15-24-48(46)58(49(52)34-45)51-31-39(26-27-57-51)54(2,3)4;/h11-31,33,35H,36H2,1-10H3;/q-1;/t59-,60+;/m1./s1/i1D3,11D,12D,13D,19D,20D;. The van der Waals surface area contributed by atoms with Crippen molar-refractivity contribution in [2.75, 3.05) is 6.67 Å². The van der Waals surface area contributed by atoms with E-state index in [1.54, 1.807) is 24.4 Å². The summed E-state index contributed by atoms with van der Waals surface area (Å²) in [4.78, 5) is 4.85. The van der Waals surface area contributed by atoms with Gasteiger partial charge in [-0.1, -0.05) is 146 Å². The summed E-state index contributed by atoms with van der Waals surface area (Å²) < 4.78 is 79.6. The van der Waals surface area contributed by atoms with Gasteiger partial charge in [0.25, 0.3) is 0 Å². The first-order valence-electron chi connectivity index (χ1n) is 24.9. The van der Waals surface area contributed by atoms with Crippen LogP contribution in [0.4, 0.5) is 22.7 Å². The summed E-state index contributed by atoms with van der Waals surface area (Å²) >= 11 is 0. The number of para-hydroxylation sites is 2. The fourth-order valence-electron chi connectivity index (χ4n) is 9.17. The van der Waals surface area contributed by atoms with Crippen LogP contribution in [-0.4, -0.2) is 16.2 Å². The smallest absolute Gasteiger partial charge is 0.184 e. The van der Waals surface area contributed by atoms with E-state index in [0.717, 1.165) is 39.2 Å². The Morgan fingerprint density at radius 3 is 2.11 bits per heavy atom. The Hall–Kier alpha value is -5.32. The molecular weight excluding hydrogens is 940 g/mol. The SMILES string of the molecule is [2H]c1c([2H])c([2H])c(-c2cc(Oc3[c-]c([N@@+]45[CH-][N@@+](c6cc(C(C)(C)C)cc(C(C)(C)C)c6)(C4)c4c(C([2H])([2H])[2H])cccc45)ccc3)[c-]c3c2c2ccccc2n3-c2cc(C(C)(C)C)ccn2)c([2H])c1[2H].[Pt]. The first kappa shape index (κ1) is 33.3. The van der Waals surface area contributed by atoms with Crippen molar-refractivity contribution in [3.8, 4) is 28.4 Å². The minimum Gasteiger partial charge on any atom is -0.509 e. The molecule has 5 nitrogen and oxygen atoms in total. The molecule has 0 spiro atoms. The second-order valence-electron chi connectivity index (χ2n) is 19.7. The first-order valence-corrected chi connectivity index (χ1v) is 20.9. The zero-order chi connectivity index (χ0) is 49.5. The van der Waals surface area contributed by atoms with E-state index in [9.17, 15) is 0 Å². The van der Waals surface area contributed by atoms with Crippen molar-refractivity contribution in [1.29, 1.82) is 0 Å². The van der Waals surface area contributed by atoms with Crippen LogP contribution in [0.25, 0.3) is 38.8 Å². The summed E-state index contributed by atoms with van der Waals surface area (Å²) in [5, 5.41) is 1.41. The molecule has 3 aliphatic rings. The van der Waals surface area contributed by atoms with E-state index in [-0.39, 0.29) is 69.7 Å². The van der Waals surface area contributed by atoms with E-state index in [1.807, 2.05) is 65.2 Å². The molecule has 62 heavy (non-hydrogen) atoms. The van der Waals surface area contributed by atoms with Gasteiger partial charge in [-0.15, -0.1) is 29.8 Å². The Bertz CT molecular complexity index is 3380. The third-order valence-electron chi connectivity index (χ3n) is 12.5. The molecule has 0 N–H and O–H groups in total. The van der Waals surface area contributed by atoms with Gasteiger partial charge in [-0.2, -0.15) is 6.07 Å². The number of benzene rings is 6. The molecular formula is C56H55N4OPt-. The second kappa shape index (κ2) is 14.6. The minimum atomic E-state index is -2.38. The molecule has 6 heteroatoms. The molecule has 0 radical (unpaired) electrons. The van der Waals surface area contributed by atoms with Crippen molar-refractivity contribution >= 4 is 44.6 Å². The normalized spacial score (nSPS) is 20.4. The number of pyridine rings is 1. The molecule has 0 aliphatic carbocycles. The maximum absolute atomic E-state index is 9.15. The van der Waals surface area contributed by atoms with E-state index < -0.39 is 25.0 Å². The molecule has 6 aromatic carbocycles. The van der Waals surface area contributed by atoms with Crippen LogP contribution in [0.1, 0.15) is 95.5 Å². The van der Waals surface area contributed by atoms with Crippen LogP contribution in [0.3, 0.4) is 0 Å². The molecule has 0 unspecified atom stereocenters. The molecule has 8 aromatic rings. The number of nitrogens with zero attached hydrogens (tertiary/aromatic N) is 4. The van der Waals surface area contributed by atoms with Crippen LogP contribution in [0.15, 0.2) is 133 Å². The maximum Gasteiger partial charge on any atom is 0.184 e. The quantitative estimate of drug-likeness (QED) is 0.123. The zero-order valence-corrected chi connectivity index (χ0v) is 38.9. The van der Waals surface area contributed by atoms with Gasteiger partial charge in [-0.05, 0) is 68.9 Å². The predicted octanol–water partition coefficient (Wildman–Crippen LogP) is 14.8. The largest absolute Gasteiger partial charge is 0.509 e.